The summed E-state index contributed by atoms with van der Waals surface area (Å²) in [5.74, 6) is 0. The molecule has 24 heavy (non-hydrogen) atoms. The molecular weight excluding hydrogens is 326 g/mol. The lowest BCUT2D eigenvalue weighted by atomic mass is 10.3. The van der Waals surface area contributed by atoms with E-state index in [2.05, 4.69) is 20.6 Å². The zero-order valence-corrected chi connectivity index (χ0v) is 14.4. The van der Waals surface area contributed by atoms with Crippen molar-refractivity contribution in [3.05, 3.63) is 41.4 Å². The Morgan fingerprint density at radius 3 is 3.12 bits per heavy atom. The number of aryl methyl sites for hydroxylation is 1. The van der Waals surface area contributed by atoms with Gasteiger partial charge in [-0.2, -0.15) is 0 Å². The van der Waals surface area contributed by atoms with Crippen LogP contribution in [0.25, 0.3) is 10.2 Å². The van der Waals surface area contributed by atoms with Crippen molar-refractivity contribution in [1.82, 2.24) is 19.9 Å². The number of carbonyl (C=O) groups is 1. The van der Waals surface area contributed by atoms with Crippen LogP contribution in [0.3, 0.4) is 0 Å². The van der Waals surface area contributed by atoms with Gasteiger partial charge < -0.3 is 19.9 Å². The third kappa shape index (κ3) is 3.90. The second-order valence-corrected chi connectivity index (χ2v) is 6.53. The van der Waals surface area contributed by atoms with E-state index in [0.717, 1.165) is 26.6 Å². The zero-order valence-electron chi connectivity index (χ0n) is 13.6. The van der Waals surface area contributed by atoms with Crippen molar-refractivity contribution in [3.63, 3.8) is 0 Å². The van der Waals surface area contributed by atoms with Gasteiger partial charge in [-0.05, 0) is 25.1 Å². The van der Waals surface area contributed by atoms with Crippen molar-refractivity contribution in [3.8, 4) is 0 Å². The number of urea groups is 1. The van der Waals surface area contributed by atoms with E-state index in [1.807, 2.05) is 29.7 Å². The Hall–Kier alpha value is -2.45. The predicted molar refractivity (Wildman–Crippen MR) is 94.3 cm³/mol. The fourth-order valence-electron chi connectivity index (χ4n) is 2.35. The molecule has 3 rings (SSSR count). The quantitative estimate of drug-likeness (QED) is 0.720. The van der Waals surface area contributed by atoms with Crippen LogP contribution in [0.15, 0.2) is 30.7 Å². The number of imidazole rings is 1. The normalized spacial score (nSPS) is 10.9. The standard InChI is InChI=1S/C16H19N5O2S/c1-11-19-14-4-3-12(7-15(14)24-11)20-16(22)18-9-13-8-17-10-21(13)5-6-23-2/h3-4,7-8,10H,5-6,9H2,1-2H3,(H2,18,20,22). The second-order valence-electron chi connectivity index (χ2n) is 5.29. The van der Waals surface area contributed by atoms with Gasteiger partial charge in [-0.25, -0.2) is 14.8 Å². The number of methoxy groups -OCH3 is 1. The van der Waals surface area contributed by atoms with Crippen LogP contribution in [-0.4, -0.2) is 34.3 Å². The molecule has 126 valence electrons. The molecule has 0 radical (unpaired) electrons. The molecule has 0 saturated carbocycles. The number of hydrogen-bond donors (Lipinski definition) is 2. The maximum Gasteiger partial charge on any atom is 0.319 e. The number of carbonyl (C=O) groups excluding carboxylic acids is 1. The zero-order chi connectivity index (χ0) is 16.9. The number of rotatable bonds is 6. The summed E-state index contributed by atoms with van der Waals surface area (Å²) in [5, 5.41) is 6.69. The van der Waals surface area contributed by atoms with Crippen molar-refractivity contribution in [1.29, 1.82) is 0 Å². The van der Waals surface area contributed by atoms with Crippen LogP contribution < -0.4 is 10.6 Å². The van der Waals surface area contributed by atoms with E-state index in [0.29, 0.717) is 19.7 Å². The third-order valence-corrected chi connectivity index (χ3v) is 4.45. The number of amides is 2. The fourth-order valence-corrected chi connectivity index (χ4v) is 3.22. The first kappa shape index (κ1) is 16.4. The minimum atomic E-state index is -0.255. The van der Waals surface area contributed by atoms with Crippen LogP contribution in [0.1, 0.15) is 10.7 Å². The van der Waals surface area contributed by atoms with E-state index in [9.17, 15) is 4.79 Å². The third-order valence-electron chi connectivity index (χ3n) is 3.52. The Kier molecular flexibility index (Phi) is 5.07. The van der Waals surface area contributed by atoms with Gasteiger partial charge in [-0.3, -0.25) is 0 Å². The van der Waals surface area contributed by atoms with E-state index >= 15 is 0 Å². The van der Waals surface area contributed by atoms with Crippen molar-refractivity contribution in [2.24, 2.45) is 0 Å². The lowest BCUT2D eigenvalue weighted by Gasteiger charge is -2.10. The summed E-state index contributed by atoms with van der Waals surface area (Å²) in [4.78, 5) is 20.6. The van der Waals surface area contributed by atoms with E-state index < -0.39 is 0 Å². The van der Waals surface area contributed by atoms with E-state index in [1.54, 1.807) is 31.0 Å². The number of anilines is 1. The first-order chi connectivity index (χ1) is 11.7. The van der Waals surface area contributed by atoms with Crippen LogP contribution in [-0.2, 0) is 17.8 Å². The molecule has 7 nitrogen and oxygen atoms in total. The predicted octanol–water partition coefficient (Wildman–Crippen LogP) is 2.77. The summed E-state index contributed by atoms with van der Waals surface area (Å²) in [6.07, 6.45) is 3.47. The Balaban J connectivity index is 1.57. The summed E-state index contributed by atoms with van der Waals surface area (Å²) >= 11 is 1.61. The summed E-state index contributed by atoms with van der Waals surface area (Å²) < 4.78 is 8.07. The number of aromatic nitrogens is 3. The Labute approximate surface area is 143 Å². The molecule has 2 heterocycles. The molecular formula is C16H19N5O2S. The molecule has 8 heteroatoms. The van der Waals surface area contributed by atoms with Gasteiger partial charge in [0, 0.05) is 25.5 Å². The van der Waals surface area contributed by atoms with Gasteiger partial charge in [-0.1, -0.05) is 0 Å². The Bertz CT molecular complexity index is 842. The molecule has 0 spiro atoms. The minimum Gasteiger partial charge on any atom is -0.383 e. The van der Waals surface area contributed by atoms with Crippen molar-refractivity contribution < 1.29 is 9.53 Å². The number of ether oxygens (including phenoxy) is 1. The minimum absolute atomic E-state index is 0.255. The molecule has 0 aliphatic carbocycles. The van der Waals surface area contributed by atoms with E-state index in [-0.39, 0.29) is 6.03 Å². The fraction of sp³-hybridized carbons (Fsp3) is 0.312. The van der Waals surface area contributed by atoms with Crippen LogP contribution in [0.4, 0.5) is 10.5 Å². The van der Waals surface area contributed by atoms with Gasteiger partial charge in [0.15, 0.2) is 0 Å². The van der Waals surface area contributed by atoms with Crippen LogP contribution in [0.2, 0.25) is 0 Å². The van der Waals surface area contributed by atoms with Gasteiger partial charge in [0.2, 0.25) is 0 Å². The molecule has 0 unspecified atom stereocenters. The van der Waals surface area contributed by atoms with Crippen molar-refractivity contribution in [2.75, 3.05) is 19.0 Å². The van der Waals surface area contributed by atoms with Gasteiger partial charge in [0.05, 0.1) is 40.4 Å². The van der Waals surface area contributed by atoms with Gasteiger partial charge in [-0.15, -0.1) is 11.3 Å². The number of fused-ring (bicyclic) bond motifs is 1. The molecule has 0 aliphatic heterocycles. The molecule has 2 amide bonds. The molecule has 3 aromatic rings. The molecule has 2 N–H and O–H groups in total. The van der Waals surface area contributed by atoms with Gasteiger partial charge >= 0.3 is 6.03 Å². The highest BCUT2D eigenvalue weighted by atomic mass is 32.1. The molecule has 2 aromatic heterocycles. The average molecular weight is 345 g/mol. The number of benzene rings is 1. The molecule has 0 aliphatic rings. The van der Waals surface area contributed by atoms with E-state index in [4.69, 9.17) is 4.74 Å². The summed E-state index contributed by atoms with van der Waals surface area (Å²) in [5.41, 5.74) is 2.62. The first-order valence-corrected chi connectivity index (χ1v) is 8.37. The first-order valence-electron chi connectivity index (χ1n) is 7.55. The van der Waals surface area contributed by atoms with Crippen LogP contribution >= 0.6 is 11.3 Å². The van der Waals surface area contributed by atoms with Crippen LogP contribution in [0.5, 0.6) is 0 Å². The maximum atomic E-state index is 12.1. The highest BCUT2D eigenvalue weighted by Gasteiger charge is 2.07. The largest absolute Gasteiger partial charge is 0.383 e. The molecule has 0 atom stereocenters. The van der Waals surface area contributed by atoms with Crippen molar-refractivity contribution >= 4 is 33.3 Å². The number of nitrogens with zero attached hydrogens (tertiary/aromatic N) is 3. The SMILES string of the molecule is COCCn1cncc1CNC(=O)Nc1ccc2nc(C)sc2c1. The maximum absolute atomic E-state index is 12.1. The highest BCUT2D eigenvalue weighted by Crippen LogP contribution is 2.24. The number of nitrogens with one attached hydrogen (secondary N) is 2. The van der Waals surface area contributed by atoms with E-state index in [1.165, 1.54) is 0 Å². The average Bonchev–Trinajstić information content (AvgIpc) is 3.15. The monoisotopic (exact) mass is 345 g/mol. The summed E-state index contributed by atoms with van der Waals surface area (Å²) in [7, 11) is 1.66. The topological polar surface area (TPSA) is 81.1 Å². The number of hydrogen-bond acceptors (Lipinski definition) is 5. The smallest absolute Gasteiger partial charge is 0.319 e. The molecule has 0 bridgehead atoms. The number of thiazole rings is 1. The molecule has 0 saturated heterocycles. The van der Waals surface area contributed by atoms with Gasteiger partial charge in [0.1, 0.15) is 0 Å². The Morgan fingerprint density at radius 1 is 1.42 bits per heavy atom. The van der Waals surface area contributed by atoms with Crippen molar-refractivity contribution in [2.45, 2.75) is 20.0 Å². The van der Waals surface area contributed by atoms with Crippen LogP contribution in [0, 0.1) is 6.92 Å². The Morgan fingerprint density at radius 2 is 2.29 bits per heavy atom. The highest BCUT2D eigenvalue weighted by molar-refractivity contribution is 7.18. The lowest BCUT2D eigenvalue weighted by Crippen LogP contribution is -2.29. The van der Waals surface area contributed by atoms with Gasteiger partial charge in [0.25, 0.3) is 0 Å². The molecule has 0 fully saturated rings. The lowest BCUT2D eigenvalue weighted by molar-refractivity contribution is 0.186. The summed E-state index contributed by atoms with van der Waals surface area (Å²) in [6.45, 7) is 3.68. The summed E-state index contributed by atoms with van der Waals surface area (Å²) in [6, 6.07) is 5.44. The second kappa shape index (κ2) is 7.41. The molecule has 1 aromatic carbocycles.